The summed E-state index contributed by atoms with van der Waals surface area (Å²) in [7, 11) is 0. The van der Waals surface area contributed by atoms with Crippen LogP contribution in [-0.2, 0) is 11.2 Å². The number of fused-ring (bicyclic) bond motifs is 2. The molecule has 4 rings (SSSR count). The highest BCUT2D eigenvalue weighted by molar-refractivity contribution is 5.97. The van der Waals surface area contributed by atoms with Crippen molar-refractivity contribution in [3.63, 3.8) is 0 Å². The molecule has 0 bridgehead atoms. The molecule has 2 aromatic carbocycles. The van der Waals surface area contributed by atoms with Crippen LogP contribution in [0.25, 0.3) is 11.1 Å². The smallest absolute Gasteiger partial charge is 0.408 e. The molecule has 1 amide bonds. The minimum atomic E-state index is -0.496. The van der Waals surface area contributed by atoms with Gasteiger partial charge in [0.25, 0.3) is 0 Å². The maximum atomic E-state index is 12.7. The predicted octanol–water partition coefficient (Wildman–Crippen LogP) is 3.18. The van der Waals surface area contributed by atoms with E-state index in [1.165, 1.54) is 5.56 Å². The van der Waals surface area contributed by atoms with E-state index in [0.717, 1.165) is 24.8 Å². The van der Waals surface area contributed by atoms with Gasteiger partial charge in [0.05, 0.1) is 11.4 Å². The Morgan fingerprint density at radius 1 is 1.22 bits per heavy atom. The van der Waals surface area contributed by atoms with Crippen LogP contribution in [-0.4, -0.2) is 10.9 Å². The minimum absolute atomic E-state index is 0.0117. The molecule has 1 unspecified atom stereocenters. The average molecular weight is 308 g/mol. The summed E-state index contributed by atoms with van der Waals surface area (Å²) in [5.74, 6) is -0.633. The van der Waals surface area contributed by atoms with Gasteiger partial charge < -0.3 is 9.73 Å². The SMILES string of the molecule is O=C(Nc1ccc2oc(=O)[nH]c2c1)C1CCCc2ccccc21. The summed E-state index contributed by atoms with van der Waals surface area (Å²) in [4.78, 5) is 26.5. The highest BCUT2D eigenvalue weighted by Crippen LogP contribution is 2.32. The van der Waals surface area contributed by atoms with E-state index in [4.69, 9.17) is 4.42 Å². The van der Waals surface area contributed by atoms with E-state index in [1.54, 1.807) is 18.2 Å². The second-order valence-corrected chi connectivity index (χ2v) is 5.86. The molecule has 0 fully saturated rings. The van der Waals surface area contributed by atoms with Crippen LogP contribution in [0.5, 0.6) is 0 Å². The first-order chi connectivity index (χ1) is 11.2. The zero-order chi connectivity index (χ0) is 15.8. The average Bonchev–Trinajstić information content (AvgIpc) is 2.93. The zero-order valence-electron chi connectivity index (χ0n) is 12.5. The van der Waals surface area contributed by atoms with Crippen molar-refractivity contribution >= 4 is 22.7 Å². The van der Waals surface area contributed by atoms with E-state index in [-0.39, 0.29) is 11.8 Å². The van der Waals surface area contributed by atoms with Gasteiger partial charge in [-0.3, -0.25) is 9.78 Å². The Labute approximate surface area is 132 Å². The maximum Gasteiger partial charge on any atom is 0.417 e. The van der Waals surface area contributed by atoms with Crippen molar-refractivity contribution in [3.8, 4) is 0 Å². The number of H-pyrrole nitrogens is 1. The molecule has 3 aromatic rings. The third-order valence-corrected chi connectivity index (χ3v) is 4.37. The molecule has 0 spiro atoms. The molecule has 0 aliphatic heterocycles. The van der Waals surface area contributed by atoms with Crippen molar-refractivity contribution in [1.82, 2.24) is 4.98 Å². The molecule has 5 nitrogen and oxygen atoms in total. The van der Waals surface area contributed by atoms with Gasteiger partial charge in [-0.1, -0.05) is 24.3 Å². The number of rotatable bonds is 2. The quantitative estimate of drug-likeness (QED) is 0.763. The third kappa shape index (κ3) is 2.54. The lowest BCUT2D eigenvalue weighted by molar-refractivity contribution is -0.117. The number of nitrogens with one attached hydrogen (secondary N) is 2. The minimum Gasteiger partial charge on any atom is -0.408 e. The van der Waals surface area contributed by atoms with Crippen LogP contribution >= 0.6 is 0 Å². The number of oxazole rings is 1. The van der Waals surface area contributed by atoms with Gasteiger partial charge in [-0.25, -0.2) is 4.79 Å². The number of carbonyl (C=O) groups excluding carboxylic acids is 1. The standard InChI is InChI=1S/C18H16N2O3/c21-17(14-7-3-5-11-4-1-2-6-13(11)14)19-12-8-9-16-15(10-12)20-18(22)23-16/h1-2,4,6,8-10,14H,3,5,7H2,(H,19,21)(H,20,22). The summed E-state index contributed by atoms with van der Waals surface area (Å²) >= 11 is 0. The van der Waals surface area contributed by atoms with Crippen molar-refractivity contribution < 1.29 is 9.21 Å². The number of carbonyl (C=O) groups is 1. The first kappa shape index (κ1) is 13.8. The highest BCUT2D eigenvalue weighted by Gasteiger charge is 2.26. The molecule has 1 atom stereocenters. The zero-order valence-corrected chi connectivity index (χ0v) is 12.5. The van der Waals surface area contributed by atoms with Crippen molar-refractivity contribution in [2.75, 3.05) is 5.32 Å². The van der Waals surface area contributed by atoms with Crippen molar-refractivity contribution in [3.05, 3.63) is 64.1 Å². The number of amides is 1. The second-order valence-electron chi connectivity index (χ2n) is 5.86. The molecule has 1 aromatic heterocycles. The number of hydrogen-bond acceptors (Lipinski definition) is 3. The fraction of sp³-hybridized carbons (Fsp3) is 0.222. The lowest BCUT2D eigenvalue weighted by Gasteiger charge is -2.24. The number of anilines is 1. The van der Waals surface area contributed by atoms with Gasteiger partial charge in [0.1, 0.15) is 0 Å². The van der Waals surface area contributed by atoms with Gasteiger partial charge in [0.15, 0.2) is 5.58 Å². The van der Waals surface area contributed by atoms with E-state index in [0.29, 0.717) is 16.8 Å². The molecular weight excluding hydrogens is 292 g/mol. The number of hydrogen-bond donors (Lipinski definition) is 2. The lowest BCUT2D eigenvalue weighted by Crippen LogP contribution is -2.24. The molecule has 23 heavy (non-hydrogen) atoms. The van der Waals surface area contributed by atoms with Gasteiger partial charge in [-0.05, 0) is 48.6 Å². The molecule has 0 radical (unpaired) electrons. The normalized spacial score (nSPS) is 17.0. The summed E-state index contributed by atoms with van der Waals surface area (Å²) in [5, 5.41) is 2.95. The third-order valence-electron chi connectivity index (χ3n) is 4.37. The number of benzene rings is 2. The Hall–Kier alpha value is -2.82. The van der Waals surface area contributed by atoms with E-state index in [9.17, 15) is 9.59 Å². The summed E-state index contributed by atoms with van der Waals surface area (Å²) in [6.45, 7) is 0. The lowest BCUT2D eigenvalue weighted by atomic mass is 9.82. The van der Waals surface area contributed by atoms with Crippen LogP contribution in [0.4, 0.5) is 5.69 Å². The summed E-state index contributed by atoms with van der Waals surface area (Å²) < 4.78 is 4.97. The second kappa shape index (κ2) is 5.43. The Morgan fingerprint density at radius 3 is 3.00 bits per heavy atom. The van der Waals surface area contributed by atoms with Crippen molar-refractivity contribution in [2.45, 2.75) is 25.2 Å². The first-order valence-electron chi connectivity index (χ1n) is 7.72. The first-order valence-corrected chi connectivity index (χ1v) is 7.72. The topological polar surface area (TPSA) is 75.1 Å². The Kier molecular flexibility index (Phi) is 3.26. The van der Waals surface area contributed by atoms with E-state index < -0.39 is 5.76 Å². The van der Waals surface area contributed by atoms with E-state index in [2.05, 4.69) is 16.4 Å². The Bertz CT molecular complexity index is 939. The summed E-state index contributed by atoms with van der Waals surface area (Å²) in [5.41, 5.74) is 4.10. The van der Waals surface area contributed by atoms with Crippen LogP contribution in [0.1, 0.15) is 29.9 Å². The van der Waals surface area contributed by atoms with Gasteiger partial charge in [0, 0.05) is 5.69 Å². The van der Waals surface area contributed by atoms with Gasteiger partial charge in [0.2, 0.25) is 5.91 Å². The fourth-order valence-corrected chi connectivity index (χ4v) is 3.29. The maximum absolute atomic E-state index is 12.7. The summed E-state index contributed by atoms with van der Waals surface area (Å²) in [6, 6.07) is 13.3. The van der Waals surface area contributed by atoms with Crippen LogP contribution in [0.2, 0.25) is 0 Å². The summed E-state index contributed by atoms with van der Waals surface area (Å²) in [6.07, 6.45) is 2.90. The number of aromatic amines is 1. The predicted molar refractivity (Wildman–Crippen MR) is 87.6 cm³/mol. The molecule has 116 valence electrons. The van der Waals surface area contributed by atoms with Crippen LogP contribution in [0, 0.1) is 0 Å². The molecule has 0 saturated heterocycles. The molecule has 1 heterocycles. The Morgan fingerprint density at radius 2 is 2.09 bits per heavy atom. The van der Waals surface area contributed by atoms with Gasteiger partial charge in [-0.15, -0.1) is 0 Å². The molecule has 0 saturated carbocycles. The monoisotopic (exact) mass is 308 g/mol. The van der Waals surface area contributed by atoms with Crippen molar-refractivity contribution in [1.29, 1.82) is 0 Å². The number of aryl methyl sites for hydroxylation is 1. The van der Waals surface area contributed by atoms with Crippen LogP contribution in [0.3, 0.4) is 0 Å². The molecule has 1 aliphatic rings. The van der Waals surface area contributed by atoms with Crippen LogP contribution in [0.15, 0.2) is 51.7 Å². The fourth-order valence-electron chi connectivity index (χ4n) is 3.29. The molecule has 1 aliphatic carbocycles. The van der Waals surface area contributed by atoms with Gasteiger partial charge >= 0.3 is 5.76 Å². The van der Waals surface area contributed by atoms with E-state index in [1.807, 2.05) is 18.2 Å². The molecular formula is C18H16N2O3. The molecule has 5 heteroatoms. The molecule has 2 N–H and O–H groups in total. The van der Waals surface area contributed by atoms with Crippen molar-refractivity contribution in [2.24, 2.45) is 0 Å². The van der Waals surface area contributed by atoms with E-state index >= 15 is 0 Å². The Balaban J connectivity index is 1.61. The van der Waals surface area contributed by atoms with Crippen LogP contribution < -0.4 is 11.1 Å². The largest absolute Gasteiger partial charge is 0.417 e. The highest BCUT2D eigenvalue weighted by atomic mass is 16.4. The number of aromatic nitrogens is 1. The van der Waals surface area contributed by atoms with Gasteiger partial charge in [-0.2, -0.15) is 0 Å².